The Balaban J connectivity index is 1.95. The normalized spacial score (nSPS) is 29.0. The number of likely N-dealkylation sites (tertiary alicyclic amines) is 1. The number of aliphatic hydroxyl groups excluding tert-OH is 1. The van der Waals surface area contributed by atoms with Crippen LogP contribution in [0.4, 0.5) is 0 Å². The summed E-state index contributed by atoms with van der Waals surface area (Å²) < 4.78 is 12.3. The molecule has 3 rings (SSSR count). The van der Waals surface area contributed by atoms with Crippen LogP contribution in [-0.2, 0) is 28.7 Å². The summed E-state index contributed by atoms with van der Waals surface area (Å²) in [5.74, 6) is -3.25. The van der Waals surface area contributed by atoms with Gasteiger partial charge >= 0.3 is 5.97 Å². The number of aliphatic hydroxyl groups is 1. The molecule has 3 saturated heterocycles. The maximum absolute atomic E-state index is 14.4. The van der Waals surface area contributed by atoms with Crippen molar-refractivity contribution in [2.45, 2.75) is 109 Å². The summed E-state index contributed by atoms with van der Waals surface area (Å²) in [4.78, 5) is 57.6. The van der Waals surface area contributed by atoms with Crippen LogP contribution in [0.15, 0.2) is 25.3 Å². The van der Waals surface area contributed by atoms with Gasteiger partial charge in [0.15, 0.2) is 0 Å². The zero-order valence-corrected chi connectivity index (χ0v) is 25.6. The summed E-state index contributed by atoms with van der Waals surface area (Å²) in [5.41, 5.74) is -1.77. The molecule has 41 heavy (non-hydrogen) atoms. The highest BCUT2D eigenvalue weighted by molar-refractivity contribution is 5.98. The Morgan fingerprint density at radius 1 is 1.27 bits per heavy atom. The van der Waals surface area contributed by atoms with Crippen molar-refractivity contribution in [2.24, 2.45) is 17.8 Å². The van der Waals surface area contributed by atoms with Gasteiger partial charge in [0.1, 0.15) is 17.7 Å². The molecule has 3 heterocycles. The summed E-state index contributed by atoms with van der Waals surface area (Å²) in [6.07, 6.45) is 4.64. The lowest BCUT2D eigenvalue weighted by molar-refractivity contribution is -0.161. The molecule has 0 aromatic heterocycles. The van der Waals surface area contributed by atoms with Gasteiger partial charge in [0.2, 0.25) is 17.7 Å². The Morgan fingerprint density at radius 3 is 2.51 bits per heavy atom. The van der Waals surface area contributed by atoms with Crippen molar-refractivity contribution in [2.75, 3.05) is 19.7 Å². The fourth-order valence-electron chi connectivity index (χ4n) is 6.68. The molecule has 0 radical (unpaired) electrons. The number of carbonyl (C=O) groups is 4. The van der Waals surface area contributed by atoms with Crippen molar-refractivity contribution >= 4 is 23.7 Å². The second kappa shape index (κ2) is 13.1. The van der Waals surface area contributed by atoms with Crippen LogP contribution < -0.4 is 5.32 Å². The Kier molecular flexibility index (Phi) is 10.5. The first-order chi connectivity index (χ1) is 19.3. The number of amides is 3. The monoisotopic (exact) mass is 575 g/mol. The SMILES string of the molecule is C=CCCC(=O)NC[C@H](C)OC(=O)[C@@H]1[C@H]2C(=O)N([C@@H](CO)[C@@H](C)CC)[C@H](C(=O)N(CC=C)C(C)(C)C)[C@]23CC[C@H]1O3. The summed E-state index contributed by atoms with van der Waals surface area (Å²) in [6.45, 7) is 18.9. The fourth-order valence-corrected chi connectivity index (χ4v) is 6.68. The number of fused-ring (bicyclic) bond motifs is 1. The molecule has 0 saturated carbocycles. The van der Waals surface area contributed by atoms with Crippen LogP contribution >= 0.6 is 0 Å². The standard InChI is InChI=1S/C31H49N3O7/c1-9-12-13-23(36)32-17-20(5)40-29(39)24-22-14-15-31(41-22)25(24)27(37)34(21(18-35)19(4)11-3)26(31)28(38)33(16-10-2)30(6,7)8/h9-10,19-22,24-26,35H,1-2,11-18H2,3-8H3,(H,32,36)/t19-,20-,21-,22+,24-,25-,26+,31-/m0/s1. The zero-order valence-electron chi connectivity index (χ0n) is 25.6. The third kappa shape index (κ3) is 6.23. The average molecular weight is 576 g/mol. The van der Waals surface area contributed by atoms with Crippen molar-refractivity contribution in [1.29, 1.82) is 0 Å². The van der Waals surface area contributed by atoms with E-state index in [-0.39, 0.29) is 43.3 Å². The van der Waals surface area contributed by atoms with E-state index in [1.165, 1.54) is 4.90 Å². The highest BCUT2D eigenvalue weighted by Gasteiger charge is 2.76. The van der Waals surface area contributed by atoms with Gasteiger partial charge in [0.25, 0.3) is 0 Å². The number of hydrogen-bond donors (Lipinski definition) is 2. The molecule has 3 aliphatic rings. The largest absolute Gasteiger partial charge is 0.460 e. The molecule has 2 N–H and O–H groups in total. The first-order valence-electron chi connectivity index (χ1n) is 14.9. The number of allylic oxidation sites excluding steroid dienone is 1. The molecule has 0 unspecified atom stereocenters. The zero-order chi connectivity index (χ0) is 30.7. The molecule has 10 nitrogen and oxygen atoms in total. The number of ether oxygens (including phenoxy) is 2. The van der Waals surface area contributed by atoms with Gasteiger partial charge in [-0.25, -0.2) is 0 Å². The number of nitrogens with one attached hydrogen (secondary N) is 1. The highest BCUT2D eigenvalue weighted by Crippen LogP contribution is 2.59. The van der Waals surface area contributed by atoms with Crippen LogP contribution in [0.5, 0.6) is 0 Å². The number of carbonyl (C=O) groups excluding carboxylic acids is 4. The van der Waals surface area contributed by atoms with E-state index in [1.54, 1.807) is 24.0 Å². The third-order valence-corrected chi connectivity index (χ3v) is 8.96. The van der Waals surface area contributed by atoms with Gasteiger partial charge in [-0.3, -0.25) is 19.2 Å². The van der Waals surface area contributed by atoms with Gasteiger partial charge < -0.3 is 29.7 Å². The number of rotatable bonds is 14. The van der Waals surface area contributed by atoms with Crippen LogP contribution in [0, 0.1) is 17.8 Å². The molecule has 1 spiro atoms. The topological polar surface area (TPSA) is 125 Å². The Labute approximate surface area is 244 Å². The maximum Gasteiger partial charge on any atom is 0.312 e. The molecule has 0 aromatic rings. The Hall–Kier alpha value is -2.72. The molecular weight excluding hydrogens is 526 g/mol. The molecule has 3 fully saturated rings. The molecule has 3 aliphatic heterocycles. The van der Waals surface area contributed by atoms with Crippen molar-refractivity contribution in [3.63, 3.8) is 0 Å². The minimum Gasteiger partial charge on any atom is -0.460 e. The molecule has 230 valence electrons. The number of nitrogens with zero attached hydrogens (tertiary/aromatic N) is 2. The lowest BCUT2D eigenvalue weighted by Gasteiger charge is -2.44. The van der Waals surface area contributed by atoms with Crippen molar-refractivity contribution < 1.29 is 33.8 Å². The maximum atomic E-state index is 14.4. The smallest absolute Gasteiger partial charge is 0.312 e. The average Bonchev–Trinajstić information content (AvgIpc) is 3.56. The quantitative estimate of drug-likeness (QED) is 0.241. The molecule has 2 bridgehead atoms. The molecule has 0 aromatic carbocycles. The third-order valence-electron chi connectivity index (χ3n) is 8.96. The van der Waals surface area contributed by atoms with Gasteiger partial charge in [-0.05, 0) is 52.9 Å². The number of hydrogen-bond acceptors (Lipinski definition) is 7. The van der Waals surface area contributed by atoms with E-state index in [2.05, 4.69) is 18.5 Å². The van der Waals surface area contributed by atoms with E-state index in [0.29, 0.717) is 32.1 Å². The fraction of sp³-hybridized carbons (Fsp3) is 0.742. The molecule has 8 atom stereocenters. The van der Waals surface area contributed by atoms with E-state index in [1.807, 2.05) is 34.6 Å². The van der Waals surface area contributed by atoms with Gasteiger partial charge in [0, 0.05) is 18.5 Å². The summed E-state index contributed by atoms with van der Waals surface area (Å²) >= 11 is 0. The van der Waals surface area contributed by atoms with Crippen LogP contribution in [-0.4, -0.2) is 93.7 Å². The van der Waals surface area contributed by atoms with Crippen LogP contribution in [0.3, 0.4) is 0 Å². The molecule has 3 amide bonds. The van der Waals surface area contributed by atoms with Crippen molar-refractivity contribution in [1.82, 2.24) is 15.1 Å². The van der Waals surface area contributed by atoms with Crippen molar-refractivity contribution in [3.05, 3.63) is 25.3 Å². The van der Waals surface area contributed by atoms with Crippen LogP contribution in [0.2, 0.25) is 0 Å². The molecule has 10 heteroatoms. The highest BCUT2D eigenvalue weighted by atomic mass is 16.6. The molecule has 0 aliphatic carbocycles. The van der Waals surface area contributed by atoms with E-state index in [9.17, 15) is 24.3 Å². The van der Waals surface area contributed by atoms with E-state index < -0.39 is 53.2 Å². The van der Waals surface area contributed by atoms with Gasteiger partial charge in [0.05, 0.1) is 37.1 Å². The lowest BCUT2D eigenvalue weighted by Crippen LogP contribution is -2.62. The summed E-state index contributed by atoms with van der Waals surface area (Å²) in [7, 11) is 0. The van der Waals surface area contributed by atoms with Crippen LogP contribution in [0.25, 0.3) is 0 Å². The van der Waals surface area contributed by atoms with Crippen LogP contribution in [0.1, 0.15) is 73.6 Å². The van der Waals surface area contributed by atoms with Gasteiger partial charge in [-0.15, -0.1) is 13.2 Å². The predicted octanol–water partition coefficient (Wildman–Crippen LogP) is 2.60. The van der Waals surface area contributed by atoms with E-state index in [4.69, 9.17) is 9.47 Å². The second-order valence-corrected chi connectivity index (χ2v) is 12.7. The van der Waals surface area contributed by atoms with Gasteiger partial charge in [-0.2, -0.15) is 0 Å². The Morgan fingerprint density at radius 2 is 1.95 bits per heavy atom. The van der Waals surface area contributed by atoms with E-state index in [0.717, 1.165) is 0 Å². The first-order valence-corrected chi connectivity index (χ1v) is 14.9. The molecular formula is C31H49N3O7. The van der Waals surface area contributed by atoms with Gasteiger partial charge in [-0.1, -0.05) is 32.4 Å². The first kappa shape index (κ1) is 32.8. The van der Waals surface area contributed by atoms with E-state index >= 15 is 0 Å². The lowest BCUT2D eigenvalue weighted by atomic mass is 9.70. The summed E-state index contributed by atoms with van der Waals surface area (Å²) in [6, 6.07) is -1.61. The number of esters is 1. The predicted molar refractivity (Wildman–Crippen MR) is 154 cm³/mol. The Bertz CT molecular complexity index is 1020. The summed E-state index contributed by atoms with van der Waals surface area (Å²) in [5, 5.41) is 13.2. The second-order valence-electron chi connectivity index (χ2n) is 12.7. The van der Waals surface area contributed by atoms with Crippen molar-refractivity contribution in [3.8, 4) is 0 Å². The minimum absolute atomic E-state index is 0.0932. The minimum atomic E-state index is -1.20.